The summed E-state index contributed by atoms with van der Waals surface area (Å²) in [7, 11) is 0. The first-order chi connectivity index (χ1) is 15.3. The van der Waals surface area contributed by atoms with Gasteiger partial charge in [-0.15, -0.1) is 0 Å². The minimum absolute atomic E-state index is 0.354. The molecule has 1 N–H and O–H groups in total. The molecule has 2 saturated carbocycles. The van der Waals surface area contributed by atoms with E-state index in [1.165, 1.54) is 85.4 Å². The van der Waals surface area contributed by atoms with Crippen LogP contribution in [0.1, 0.15) is 64.2 Å². The van der Waals surface area contributed by atoms with Crippen LogP contribution in [0.25, 0.3) is 0 Å². The third kappa shape index (κ3) is 4.81. The zero-order valence-corrected chi connectivity index (χ0v) is 19.4. The van der Waals surface area contributed by atoms with Crippen molar-refractivity contribution in [3.63, 3.8) is 0 Å². The average Bonchev–Trinajstić information content (AvgIpc) is 2.83. The van der Waals surface area contributed by atoms with Crippen molar-refractivity contribution in [2.45, 2.75) is 92.2 Å². The zero-order chi connectivity index (χ0) is 21.0. The van der Waals surface area contributed by atoms with Gasteiger partial charge in [0.1, 0.15) is 0 Å². The minimum atomic E-state index is -0.354. The third-order valence-corrected chi connectivity index (χ3v) is 8.56. The monoisotopic (exact) mass is 436 g/mol. The molecule has 1 heterocycles. The molecule has 0 aromatic heterocycles. The van der Waals surface area contributed by atoms with Gasteiger partial charge in [0.25, 0.3) is 0 Å². The highest BCUT2D eigenvalue weighted by atomic mass is 32.2. The first-order valence-electron chi connectivity index (χ1n) is 12.4. The van der Waals surface area contributed by atoms with Gasteiger partial charge in [-0.3, -0.25) is 4.90 Å². The van der Waals surface area contributed by atoms with Crippen LogP contribution in [0.2, 0.25) is 0 Å². The molecular formula is C27H36N2OS. The van der Waals surface area contributed by atoms with Crippen LogP contribution >= 0.6 is 11.8 Å². The predicted octanol–water partition coefficient (Wildman–Crippen LogP) is 6.62. The molecule has 2 aromatic carbocycles. The Balaban J connectivity index is 1.35. The Kier molecular flexibility index (Phi) is 6.87. The standard InChI is InChI=1S/C27H36N2OS/c30-23(19-28(21-11-3-1-4-12-21)22-13-5-2-6-14-22)20-29-24-15-7-9-17-26(24)31-27-18-10-8-16-25(27)29/h7-10,15-18,21-23,30H,1-6,11-14,19-20H2/t23-/m1/s1. The average molecular weight is 437 g/mol. The molecular weight excluding hydrogens is 400 g/mol. The van der Waals surface area contributed by atoms with Gasteiger partial charge in [-0.25, -0.2) is 0 Å². The Labute approximate surface area is 191 Å². The first-order valence-corrected chi connectivity index (χ1v) is 13.2. The summed E-state index contributed by atoms with van der Waals surface area (Å²) in [6.07, 6.45) is 13.1. The van der Waals surface area contributed by atoms with E-state index >= 15 is 0 Å². The highest BCUT2D eigenvalue weighted by Crippen LogP contribution is 2.47. The molecule has 2 aromatic rings. The topological polar surface area (TPSA) is 26.7 Å². The van der Waals surface area contributed by atoms with E-state index in [0.29, 0.717) is 18.6 Å². The Morgan fingerprint density at radius 3 is 1.77 bits per heavy atom. The predicted molar refractivity (Wildman–Crippen MR) is 130 cm³/mol. The molecule has 2 aliphatic carbocycles. The molecule has 1 aliphatic heterocycles. The first kappa shape index (κ1) is 21.4. The molecule has 5 rings (SSSR count). The van der Waals surface area contributed by atoms with Gasteiger partial charge in [-0.2, -0.15) is 0 Å². The smallest absolute Gasteiger partial charge is 0.0846 e. The van der Waals surface area contributed by atoms with Crippen LogP contribution in [0.15, 0.2) is 58.3 Å². The van der Waals surface area contributed by atoms with E-state index in [0.717, 1.165) is 6.54 Å². The molecule has 2 fully saturated rings. The molecule has 0 radical (unpaired) electrons. The lowest BCUT2D eigenvalue weighted by Gasteiger charge is -2.43. The molecule has 1 atom stereocenters. The lowest BCUT2D eigenvalue weighted by atomic mass is 9.88. The summed E-state index contributed by atoms with van der Waals surface area (Å²) in [5.74, 6) is 0. The fraction of sp³-hybridized carbons (Fsp3) is 0.556. The van der Waals surface area contributed by atoms with Crippen LogP contribution in [0.3, 0.4) is 0 Å². The second-order valence-electron chi connectivity index (χ2n) is 9.58. The summed E-state index contributed by atoms with van der Waals surface area (Å²) < 4.78 is 0. The van der Waals surface area contributed by atoms with Gasteiger partial charge >= 0.3 is 0 Å². The number of nitrogens with zero attached hydrogens (tertiary/aromatic N) is 2. The van der Waals surface area contributed by atoms with Gasteiger partial charge in [0, 0.05) is 28.4 Å². The maximum absolute atomic E-state index is 11.4. The Bertz CT molecular complexity index is 796. The molecule has 166 valence electrons. The largest absolute Gasteiger partial charge is 0.390 e. The van der Waals surface area contributed by atoms with E-state index in [4.69, 9.17) is 0 Å². The van der Waals surface area contributed by atoms with E-state index in [9.17, 15) is 5.11 Å². The van der Waals surface area contributed by atoms with Crippen molar-refractivity contribution in [3.8, 4) is 0 Å². The van der Waals surface area contributed by atoms with Crippen LogP contribution in [0, 0.1) is 0 Å². The number of β-amino-alcohol motifs (C(OH)–C–C–N with tert-alkyl or cyclic N) is 1. The summed E-state index contributed by atoms with van der Waals surface area (Å²) in [5.41, 5.74) is 2.46. The maximum atomic E-state index is 11.4. The van der Waals surface area contributed by atoms with Crippen LogP contribution in [-0.2, 0) is 0 Å². The Hall–Kier alpha value is -1.49. The van der Waals surface area contributed by atoms with E-state index in [1.54, 1.807) is 0 Å². The Morgan fingerprint density at radius 2 is 1.26 bits per heavy atom. The number of anilines is 2. The second kappa shape index (κ2) is 9.97. The normalized spacial score (nSPS) is 21.0. The fourth-order valence-electron chi connectivity index (χ4n) is 5.91. The van der Waals surface area contributed by atoms with Gasteiger partial charge in [0.2, 0.25) is 0 Å². The summed E-state index contributed by atoms with van der Waals surface area (Å²) >= 11 is 1.84. The summed E-state index contributed by atoms with van der Waals surface area (Å²) in [6.45, 7) is 1.47. The van der Waals surface area contributed by atoms with E-state index in [1.807, 2.05) is 11.8 Å². The molecule has 0 spiro atoms. The Morgan fingerprint density at radius 1 is 0.774 bits per heavy atom. The molecule has 31 heavy (non-hydrogen) atoms. The van der Waals surface area contributed by atoms with Crippen molar-refractivity contribution in [1.82, 2.24) is 4.90 Å². The van der Waals surface area contributed by atoms with Crippen molar-refractivity contribution in [1.29, 1.82) is 0 Å². The van der Waals surface area contributed by atoms with Crippen LogP contribution < -0.4 is 4.90 Å². The van der Waals surface area contributed by atoms with Gasteiger partial charge in [-0.1, -0.05) is 74.6 Å². The number of rotatable bonds is 6. The molecule has 3 nitrogen and oxygen atoms in total. The number of hydrogen-bond acceptors (Lipinski definition) is 4. The van der Waals surface area contributed by atoms with Gasteiger partial charge in [0.15, 0.2) is 0 Å². The molecule has 0 saturated heterocycles. The van der Waals surface area contributed by atoms with Crippen molar-refractivity contribution < 1.29 is 5.11 Å². The molecule has 0 unspecified atom stereocenters. The summed E-state index contributed by atoms with van der Waals surface area (Å²) in [4.78, 5) is 7.65. The molecule has 4 heteroatoms. The molecule has 0 bridgehead atoms. The third-order valence-electron chi connectivity index (χ3n) is 7.43. The van der Waals surface area contributed by atoms with Crippen molar-refractivity contribution >= 4 is 23.1 Å². The van der Waals surface area contributed by atoms with Gasteiger partial charge in [-0.05, 0) is 49.9 Å². The van der Waals surface area contributed by atoms with E-state index in [-0.39, 0.29) is 6.10 Å². The van der Waals surface area contributed by atoms with Crippen LogP contribution in [0.5, 0.6) is 0 Å². The number of fused-ring (bicyclic) bond motifs is 2. The van der Waals surface area contributed by atoms with Crippen molar-refractivity contribution in [2.75, 3.05) is 18.0 Å². The summed E-state index contributed by atoms with van der Waals surface area (Å²) in [5, 5.41) is 11.4. The van der Waals surface area contributed by atoms with Crippen molar-refractivity contribution in [3.05, 3.63) is 48.5 Å². The van der Waals surface area contributed by atoms with E-state index < -0.39 is 0 Å². The second-order valence-corrected chi connectivity index (χ2v) is 10.7. The molecule has 3 aliphatic rings. The highest BCUT2D eigenvalue weighted by molar-refractivity contribution is 7.99. The number of hydrogen-bond donors (Lipinski definition) is 1. The van der Waals surface area contributed by atoms with Crippen LogP contribution in [-0.4, -0.2) is 41.3 Å². The quantitative estimate of drug-likeness (QED) is 0.551. The minimum Gasteiger partial charge on any atom is -0.390 e. The fourth-order valence-corrected chi connectivity index (χ4v) is 7.01. The number of aliphatic hydroxyl groups excluding tert-OH is 1. The number of para-hydroxylation sites is 2. The van der Waals surface area contributed by atoms with Crippen molar-refractivity contribution in [2.24, 2.45) is 0 Å². The maximum Gasteiger partial charge on any atom is 0.0846 e. The van der Waals surface area contributed by atoms with Gasteiger partial charge in [0.05, 0.1) is 24.0 Å². The lowest BCUT2D eigenvalue weighted by Crippen LogP contribution is -2.50. The zero-order valence-electron chi connectivity index (χ0n) is 18.6. The molecule has 0 amide bonds. The highest BCUT2D eigenvalue weighted by Gasteiger charge is 2.32. The van der Waals surface area contributed by atoms with Crippen LogP contribution in [0.4, 0.5) is 11.4 Å². The summed E-state index contributed by atoms with van der Waals surface area (Å²) in [6, 6.07) is 18.6. The number of benzene rings is 2. The lowest BCUT2D eigenvalue weighted by molar-refractivity contribution is 0.0323. The van der Waals surface area contributed by atoms with Gasteiger partial charge < -0.3 is 10.0 Å². The SMILES string of the molecule is O[C@@H](CN1c2ccccc2Sc2ccccc21)CN(C1CCCCC1)C1CCCCC1. The van der Waals surface area contributed by atoms with E-state index in [2.05, 4.69) is 58.3 Å². The number of aliphatic hydroxyl groups is 1.